The van der Waals surface area contributed by atoms with E-state index in [0.717, 1.165) is 44.8 Å². The first-order valence-corrected chi connectivity index (χ1v) is 10.6. The molecule has 1 aliphatic heterocycles. The van der Waals surface area contributed by atoms with Gasteiger partial charge in [0.25, 0.3) is 5.91 Å². The molecule has 0 unspecified atom stereocenters. The van der Waals surface area contributed by atoms with Crippen LogP contribution in [0.4, 0.5) is 5.69 Å². The molecule has 1 saturated heterocycles. The van der Waals surface area contributed by atoms with Crippen LogP contribution in [0.3, 0.4) is 0 Å². The number of halogens is 4. The topological polar surface area (TPSA) is 35.6 Å². The summed E-state index contributed by atoms with van der Waals surface area (Å²) in [5, 5.41) is 5.02. The fourth-order valence-electron chi connectivity index (χ4n) is 3.24. The predicted molar refractivity (Wildman–Crippen MR) is 119 cm³/mol. The highest BCUT2D eigenvalue weighted by Crippen LogP contribution is 2.32. The number of amides is 1. The Morgan fingerprint density at radius 2 is 1.64 bits per heavy atom. The summed E-state index contributed by atoms with van der Waals surface area (Å²) in [4.78, 5) is 16.8. The summed E-state index contributed by atoms with van der Waals surface area (Å²) in [6, 6.07) is 10.6. The lowest BCUT2D eigenvalue weighted by Gasteiger charge is -2.36. The number of nitrogens with zero attached hydrogens (tertiary/aromatic N) is 2. The average Bonchev–Trinajstić information content (AvgIpc) is 2.67. The number of hydrogen-bond acceptors (Lipinski definition) is 3. The predicted octanol–water partition coefficient (Wildman–Crippen LogP) is 5.24. The molecule has 2 aromatic rings. The van der Waals surface area contributed by atoms with Crippen molar-refractivity contribution in [3.63, 3.8) is 0 Å². The van der Waals surface area contributed by atoms with Crippen LogP contribution in [0.15, 0.2) is 36.4 Å². The highest BCUT2D eigenvalue weighted by Gasteiger charge is 2.19. The summed E-state index contributed by atoms with van der Waals surface area (Å²) in [5.41, 5.74) is 1.46. The third-order valence-electron chi connectivity index (χ3n) is 4.71. The second-order valence-electron chi connectivity index (χ2n) is 6.67. The van der Waals surface area contributed by atoms with Crippen molar-refractivity contribution in [3.8, 4) is 0 Å². The number of carbonyl (C=O) groups excluding carboxylic acids is 1. The number of benzene rings is 2. The van der Waals surface area contributed by atoms with Crippen LogP contribution >= 0.6 is 46.4 Å². The van der Waals surface area contributed by atoms with Crippen molar-refractivity contribution in [2.75, 3.05) is 44.2 Å². The minimum Gasteiger partial charge on any atom is -0.368 e. The first-order chi connectivity index (χ1) is 13.4. The van der Waals surface area contributed by atoms with Crippen LogP contribution in [0, 0.1) is 0 Å². The molecule has 0 radical (unpaired) electrons. The van der Waals surface area contributed by atoms with E-state index in [9.17, 15) is 4.79 Å². The third-order valence-corrected chi connectivity index (χ3v) is 5.95. The maximum absolute atomic E-state index is 12.2. The lowest BCUT2D eigenvalue weighted by atomic mass is 10.2. The summed E-state index contributed by atoms with van der Waals surface area (Å²) in [6.45, 7) is 5.21. The monoisotopic (exact) mass is 459 g/mol. The SMILES string of the molecule is O=C(NCCCN1CCN(c2cccc(Cl)c2Cl)CC1)c1cc(Cl)cc(Cl)c1. The van der Waals surface area contributed by atoms with Crippen molar-refractivity contribution in [2.45, 2.75) is 6.42 Å². The van der Waals surface area contributed by atoms with Crippen molar-refractivity contribution in [2.24, 2.45) is 0 Å². The lowest BCUT2D eigenvalue weighted by Crippen LogP contribution is -2.47. The van der Waals surface area contributed by atoms with E-state index in [-0.39, 0.29) is 5.91 Å². The van der Waals surface area contributed by atoms with E-state index >= 15 is 0 Å². The minimum absolute atomic E-state index is 0.162. The van der Waals surface area contributed by atoms with Crippen LogP contribution in [0.1, 0.15) is 16.8 Å². The van der Waals surface area contributed by atoms with Gasteiger partial charge in [0.15, 0.2) is 0 Å². The zero-order valence-electron chi connectivity index (χ0n) is 15.2. The molecular formula is C20H21Cl4N3O. The van der Waals surface area contributed by atoms with Crippen molar-refractivity contribution in [1.29, 1.82) is 0 Å². The maximum atomic E-state index is 12.2. The van der Waals surface area contributed by atoms with E-state index in [4.69, 9.17) is 46.4 Å². The zero-order valence-corrected chi connectivity index (χ0v) is 18.3. The van der Waals surface area contributed by atoms with E-state index in [0.29, 0.717) is 32.2 Å². The Labute approximate surface area is 185 Å². The molecule has 28 heavy (non-hydrogen) atoms. The second kappa shape index (κ2) is 10.0. The molecule has 1 heterocycles. The van der Waals surface area contributed by atoms with Gasteiger partial charge in [-0.15, -0.1) is 0 Å². The van der Waals surface area contributed by atoms with Gasteiger partial charge in [-0.2, -0.15) is 0 Å². The molecule has 1 N–H and O–H groups in total. The summed E-state index contributed by atoms with van der Waals surface area (Å²) in [6.07, 6.45) is 0.873. The van der Waals surface area contributed by atoms with Gasteiger partial charge >= 0.3 is 0 Å². The van der Waals surface area contributed by atoms with Crippen molar-refractivity contribution in [1.82, 2.24) is 10.2 Å². The number of piperazine rings is 1. The molecule has 3 rings (SSSR count). The molecule has 1 aliphatic rings. The van der Waals surface area contributed by atoms with E-state index in [1.54, 1.807) is 24.3 Å². The second-order valence-corrected chi connectivity index (χ2v) is 8.33. The molecule has 0 atom stereocenters. The Morgan fingerprint density at radius 1 is 0.964 bits per heavy atom. The zero-order chi connectivity index (χ0) is 20.1. The molecule has 0 aromatic heterocycles. The fourth-order valence-corrected chi connectivity index (χ4v) is 4.18. The van der Waals surface area contributed by atoms with E-state index in [1.165, 1.54) is 0 Å². The van der Waals surface area contributed by atoms with Crippen LogP contribution in [0.25, 0.3) is 0 Å². The molecule has 2 aromatic carbocycles. The number of hydrogen-bond donors (Lipinski definition) is 1. The first-order valence-electron chi connectivity index (χ1n) is 9.09. The maximum Gasteiger partial charge on any atom is 0.251 e. The Kier molecular flexibility index (Phi) is 7.72. The van der Waals surface area contributed by atoms with E-state index in [1.807, 2.05) is 12.1 Å². The smallest absolute Gasteiger partial charge is 0.251 e. The highest BCUT2D eigenvalue weighted by atomic mass is 35.5. The van der Waals surface area contributed by atoms with Gasteiger partial charge in [0.1, 0.15) is 0 Å². The number of nitrogens with one attached hydrogen (secondary N) is 1. The van der Waals surface area contributed by atoms with Gasteiger partial charge in [-0.1, -0.05) is 52.5 Å². The van der Waals surface area contributed by atoms with E-state index in [2.05, 4.69) is 15.1 Å². The molecule has 4 nitrogen and oxygen atoms in total. The summed E-state index contributed by atoms with van der Waals surface area (Å²) in [5.74, 6) is -0.162. The molecule has 1 amide bonds. The fraction of sp³-hybridized carbons (Fsp3) is 0.350. The number of anilines is 1. The molecule has 0 spiro atoms. The first kappa shape index (κ1) is 21.5. The third kappa shape index (κ3) is 5.68. The Morgan fingerprint density at radius 3 is 2.32 bits per heavy atom. The lowest BCUT2D eigenvalue weighted by molar-refractivity contribution is 0.0951. The standard InChI is InChI=1S/C20H21Cl4N3O/c21-15-11-14(12-16(22)13-15)20(28)25-5-2-6-26-7-9-27(10-8-26)18-4-1-3-17(23)19(18)24/h1,3-4,11-13H,2,5-10H2,(H,25,28). The summed E-state index contributed by atoms with van der Waals surface area (Å²) < 4.78 is 0. The highest BCUT2D eigenvalue weighted by molar-refractivity contribution is 6.43. The van der Waals surface area contributed by atoms with Gasteiger partial charge in [0.2, 0.25) is 0 Å². The Hall–Kier alpha value is -1.17. The van der Waals surface area contributed by atoms with Gasteiger partial charge in [-0.05, 0) is 43.3 Å². The normalized spacial score (nSPS) is 14.9. The van der Waals surface area contributed by atoms with Gasteiger partial charge in [0.05, 0.1) is 15.7 Å². The van der Waals surface area contributed by atoms with Gasteiger partial charge in [-0.25, -0.2) is 0 Å². The molecule has 1 fully saturated rings. The molecule has 150 valence electrons. The van der Waals surface area contributed by atoms with Crippen molar-refractivity contribution >= 4 is 58.0 Å². The van der Waals surface area contributed by atoms with Gasteiger partial charge in [-0.3, -0.25) is 9.69 Å². The minimum atomic E-state index is -0.162. The van der Waals surface area contributed by atoms with Gasteiger partial charge < -0.3 is 10.2 Å². The van der Waals surface area contributed by atoms with Crippen molar-refractivity contribution in [3.05, 3.63) is 62.1 Å². The van der Waals surface area contributed by atoms with Crippen LogP contribution in [-0.4, -0.2) is 50.1 Å². The molecule has 0 aliphatic carbocycles. The van der Waals surface area contributed by atoms with Crippen LogP contribution in [-0.2, 0) is 0 Å². The summed E-state index contributed by atoms with van der Waals surface area (Å²) >= 11 is 24.3. The number of rotatable bonds is 6. The molecule has 0 saturated carbocycles. The molecule has 0 bridgehead atoms. The van der Waals surface area contributed by atoms with Crippen LogP contribution < -0.4 is 10.2 Å². The molecular weight excluding hydrogens is 440 g/mol. The van der Waals surface area contributed by atoms with E-state index < -0.39 is 0 Å². The quantitative estimate of drug-likeness (QED) is 0.598. The van der Waals surface area contributed by atoms with Crippen molar-refractivity contribution < 1.29 is 4.79 Å². The van der Waals surface area contributed by atoms with Crippen LogP contribution in [0.5, 0.6) is 0 Å². The largest absolute Gasteiger partial charge is 0.368 e. The Bertz CT molecular complexity index is 818. The average molecular weight is 461 g/mol. The van der Waals surface area contributed by atoms with Crippen LogP contribution in [0.2, 0.25) is 20.1 Å². The Balaban J connectivity index is 1.40. The molecule has 8 heteroatoms. The summed E-state index contributed by atoms with van der Waals surface area (Å²) in [7, 11) is 0. The van der Waals surface area contributed by atoms with Gasteiger partial charge in [0, 0.05) is 48.3 Å². The number of carbonyl (C=O) groups is 1.